The normalized spacial score (nSPS) is 14.7. The Morgan fingerprint density at radius 2 is 1.81 bits per heavy atom. The summed E-state index contributed by atoms with van der Waals surface area (Å²) in [7, 11) is -5.40. The van der Waals surface area contributed by atoms with Crippen molar-refractivity contribution in [2.24, 2.45) is 0 Å². The third-order valence-electron chi connectivity index (χ3n) is 3.12. The maximum atomic E-state index is 13.1. The zero-order valence-corrected chi connectivity index (χ0v) is 17.3. The zero-order valence-electron chi connectivity index (χ0n) is 15.6. The molecule has 160 valence electrons. The molecule has 0 spiro atoms. The SMILES string of the molecule is CCCCOC(=O)CN(C(=O)C(F)(F)F)C(NC(C)C)(SCC)P(=O)(O)O. The second-order valence-corrected chi connectivity index (χ2v) is 9.34. The summed E-state index contributed by atoms with van der Waals surface area (Å²) in [5.41, 5.74) is 0. The number of nitrogens with zero attached hydrogens (tertiary/aromatic N) is 1. The van der Waals surface area contributed by atoms with Gasteiger partial charge in [-0.1, -0.05) is 20.3 Å². The molecule has 0 aliphatic heterocycles. The van der Waals surface area contributed by atoms with Crippen LogP contribution >= 0.6 is 19.4 Å². The molecule has 1 atom stereocenters. The number of thioether (sulfide) groups is 1. The highest BCUT2D eigenvalue weighted by Crippen LogP contribution is 2.57. The molecule has 0 aromatic heterocycles. The molecular weight excluding hydrogens is 412 g/mol. The second-order valence-electron chi connectivity index (χ2n) is 5.85. The number of carbonyl (C=O) groups is 2. The van der Waals surface area contributed by atoms with Crippen LogP contribution in [0.15, 0.2) is 0 Å². The van der Waals surface area contributed by atoms with Crippen molar-refractivity contribution in [3.63, 3.8) is 0 Å². The van der Waals surface area contributed by atoms with Crippen LogP contribution < -0.4 is 5.32 Å². The van der Waals surface area contributed by atoms with E-state index in [0.29, 0.717) is 24.6 Å². The molecule has 27 heavy (non-hydrogen) atoms. The van der Waals surface area contributed by atoms with Gasteiger partial charge in [-0.15, -0.1) is 11.8 Å². The van der Waals surface area contributed by atoms with Gasteiger partial charge in [0.25, 0.3) is 0 Å². The lowest BCUT2D eigenvalue weighted by molar-refractivity contribution is -0.189. The number of carbonyl (C=O) groups excluding carboxylic acids is 2. The van der Waals surface area contributed by atoms with Gasteiger partial charge in [0.15, 0.2) is 0 Å². The predicted molar refractivity (Wildman–Crippen MR) is 94.8 cm³/mol. The van der Waals surface area contributed by atoms with Crippen LogP contribution in [-0.4, -0.2) is 62.4 Å². The smallest absolute Gasteiger partial charge is 0.464 e. The van der Waals surface area contributed by atoms with Gasteiger partial charge in [0.1, 0.15) is 6.54 Å². The predicted octanol–water partition coefficient (Wildman–Crippen LogP) is 2.26. The first kappa shape index (κ1) is 26.2. The lowest BCUT2D eigenvalue weighted by Gasteiger charge is -2.44. The molecule has 1 amide bonds. The highest BCUT2D eigenvalue weighted by molar-refractivity contribution is 8.06. The minimum atomic E-state index is -5.45. The van der Waals surface area contributed by atoms with Gasteiger partial charge in [0.05, 0.1) is 6.61 Å². The molecule has 0 aromatic carbocycles. The molecule has 0 fully saturated rings. The Bertz CT molecular complexity index is 557. The van der Waals surface area contributed by atoms with Crippen molar-refractivity contribution in [1.82, 2.24) is 10.2 Å². The molecule has 0 aromatic rings. The summed E-state index contributed by atoms with van der Waals surface area (Å²) < 4.78 is 53.6. The molecular formula is C14H26F3N2O6PS. The Kier molecular flexibility index (Phi) is 10.3. The second kappa shape index (κ2) is 10.7. The Morgan fingerprint density at radius 3 is 2.19 bits per heavy atom. The third kappa shape index (κ3) is 7.61. The van der Waals surface area contributed by atoms with Crippen molar-refractivity contribution in [2.45, 2.75) is 57.5 Å². The van der Waals surface area contributed by atoms with E-state index in [1.54, 1.807) is 6.92 Å². The average molecular weight is 438 g/mol. The lowest BCUT2D eigenvalue weighted by Crippen LogP contribution is -2.63. The number of alkyl halides is 3. The minimum absolute atomic E-state index is 0.0443. The number of unbranched alkanes of at least 4 members (excludes halogenated alkanes) is 1. The largest absolute Gasteiger partial charge is 0.471 e. The van der Waals surface area contributed by atoms with Crippen LogP contribution in [0.2, 0.25) is 0 Å². The molecule has 0 aliphatic rings. The minimum Gasteiger partial charge on any atom is -0.464 e. The van der Waals surface area contributed by atoms with Crippen molar-refractivity contribution in [3.05, 3.63) is 0 Å². The van der Waals surface area contributed by atoms with Crippen molar-refractivity contribution in [1.29, 1.82) is 0 Å². The van der Waals surface area contributed by atoms with Crippen LogP contribution in [-0.2, 0) is 18.9 Å². The van der Waals surface area contributed by atoms with E-state index in [9.17, 15) is 37.1 Å². The van der Waals surface area contributed by atoms with E-state index in [4.69, 9.17) is 4.74 Å². The summed E-state index contributed by atoms with van der Waals surface area (Å²) in [6, 6.07) is -0.712. The Balaban J connectivity index is 6.16. The van der Waals surface area contributed by atoms with Crippen LogP contribution in [0.5, 0.6) is 0 Å². The van der Waals surface area contributed by atoms with Gasteiger partial charge in [0, 0.05) is 6.04 Å². The number of ether oxygens (including phenoxy) is 1. The first-order chi connectivity index (χ1) is 12.2. The zero-order chi connectivity index (χ0) is 21.5. The summed E-state index contributed by atoms with van der Waals surface area (Å²) in [5.74, 6) is -3.79. The van der Waals surface area contributed by atoms with E-state index in [2.05, 4.69) is 5.32 Å². The molecule has 0 saturated carbocycles. The summed E-state index contributed by atoms with van der Waals surface area (Å²) >= 11 is 0.405. The van der Waals surface area contributed by atoms with E-state index < -0.39 is 43.0 Å². The standard InChI is InChI=1S/C14H26F3N2O6PS/c1-5-7-8-25-11(20)9-19(12(21)13(15,16)17)14(27-6-2,18-10(3)4)26(22,23)24/h10,18H,5-9H2,1-4H3,(H2,22,23,24). The van der Waals surface area contributed by atoms with Crippen LogP contribution in [0, 0.1) is 0 Å². The van der Waals surface area contributed by atoms with Crippen LogP contribution in [0.4, 0.5) is 13.2 Å². The Labute approximate surface area is 160 Å². The third-order valence-corrected chi connectivity index (χ3v) is 6.41. The first-order valence-electron chi connectivity index (χ1n) is 8.24. The lowest BCUT2D eigenvalue weighted by atomic mass is 10.3. The van der Waals surface area contributed by atoms with Crippen LogP contribution in [0.1, 0.15) is 40.5 Å². The van der Waals surface area contributed by atoms with Gasteiger partial charge in [-0.2, -0.15) is 13.2 Å². The van der Waals surface area contributed by atoms with Crippen molar-refractivity contribution in [2.75, 3.05) is 18.9 Å². The number of rotatable bonds is 11. The van der Waals surface area contributed by atoms with E-state index >= 15 is 0 Å². The van der Waals surface area contributed by atoms with E-state index in [0.717, 1.165) is 0 Å². The molecule has 1 unspecified atom stereocenters. The highest BCUT2D eigenvalue weighted by Gasteiger charge is 2.59. The number of esters is 1. The monoisotopic (exact) mass is 438 g/mol. The number of hydrogen-bond donors (Lipinski definition) is 3. The molecule has 0 radical (unpaired) electrons. The molecule has 8 nitrogen and oxygen atoms in total. The van der Waals surface area contributed by atoms with E-state index in [-0.39, 0.29) is 17.3 Å². The summed E-state index contributed by atoms with van der Waals surface area (Å²) in [5, 5.41) is 2.36. The van der Waals surface area contributed by atoms with Crippen LogP contribution in [0.25, 0.3) is 0 Å². The maximum absolute atomic E-state index is 13.1. The Morgan fingerprint density at radius 1 is 1.26 bits per heavy atom. The molecule has 13 heteroatoms. The van der Waals surface area contributed by atoms with Crippen molar-refractivity contribution in [3.8, 4) is 0 Å². The fourth-order valence-corrected chi connectivity index (χ4v) is 5.06. The van der Waals surface area contributed by atoms with Gasteiger partial charge in [-0.05, 0) is 26.0 Å². The molecule has 0 saturated heterocycles. The number of hydrogen-bond acceptors (Lipinski definition) is 6. The van der Waals surface area contributed by atoms with Crippen molar-refractivity contribution >= 4 is 31.2 Å². The summed E-state index contributed by atoms with van der Waals surface area (Å²) in [6.45, 7) is 4.79. The van der Waals surface area contributed by atoms with E-state index in [1.165, 1.54) is 20.8 Å². The fourth-order valence-electron chi connectivity index (χ4n) is 2.07. The van der Waals surface area contributed by atoms with Gasteiger partial charge < -0.3 is 14.5 Å². The van der Waals surface area contributed by atoms with Gasteiger partial charge in [-0.25, -0.2) is 0 Å². The number of nitrogens with one attached hydrogen (secondary N) is 1. The summed E-state index contributed by atoms with van der Waals surface area (Å²) in [4.78, 5) is 43.4. The number of halogens is 3. The molecule has 0 aliphatic carbocycles. The fraction of sp³-hybridized carbons (Fsp3) is 0.857. The number of amides is 1. The Hall–Kier alpha value is -0.810. The average Bonchev–Trinajstić information content (AvgIpc) is 2.49. The van der Waals surface area contributed by atoms with Gasteiger partial charge in [-0.3, -0.25) is 24.4 Å². The van der Waals surface area contributed by atoms with Gasteiger partial charge in [0.2, 0.25) is 4.74 Å². The summed E-state index contributed by atoms with van der Waals surface area (Å²) in [6.07, 6.45) is -4.33. The molecule has 0 bridgehead atoms. The van der Waals surface area contributed by atoms with E-state index in [1.807, 2.05) is 0 Å². The maximum Gasteiger partial charge on any atom is 0.471 e. The molecule has 0 rings (SSSR count). The first-order valence-corrected chi connectivity index (χ1v) is 10.8. The molecule has 0 heterocycles. The molecule has 3 N–H and O–H groups in total. The van der Waals surface area contributed by atoms with Crippen LogP contribution in [0.3, 0.4) is 0 Å². The quantitative estimate of drug-likeness (QED) is 0.195. The van der Waals surface area contributed by atoms with Gasteiger partial charge >= 0.3 is 25.6 Å². The van der Waals surface area contributed by atoms with Crippen molar-refractivity contribution < 1.29 is 41.8 Å². The topological polar surface area (TPSA) is 116 Å². The highest BCUT2D eigenvalue weighted by atomic mass is 32.2.